The van der Waals surface area contributed by atoms with Crippen molar-refractivity contribution in [1.82, 2.24) is 4.90 Å². The van der Waals surface area contributed by atoms with Gasteiger partial charge in [-0.1, -0.05) is 66.2 Å². The molecule has 36 heavy (non-hydrogen) atoms. The van der Waals surface area contributed by atoms with Crippen molar-refractivity contribution in [2.24, 2.45) is 0 Å². The maximum absolute atomic E-state index is 12.9. The average molecular weight is 522 g/mol. The molecule has 0 amide bonds. The molecule has 0 saturated heterocycles. The highest BCUT2D eigenvalue weighted by Crippen LogP contribution is 2.24. The van der Waals surface area contributed by atoms with Crippen LogP contribution in [0.4, 0.5) is 0 Å². The van der Waals surface area contributed by atoms with Gasteiger partial charge in [0.25, 0.3) is 0 Å². The number of phenolic OH excluding ortho intramolecular Hbond substituents is 1. The van der Waals surface area contributed by atoms with Gasteiger partial charge in [0, 0.05) is 24.7 Å². The first-order valence-electron chi connectivity index (χ1n) is 11.6. The summed E-state index contributed by atoms with van der Waals surface area (Å²) in [4.78, 5) is 2.52. The van der Waals surface area contributed by atoms with E-state index in [0.717, 1.165) is 16.7 Å². The van der Waals surface area contributed by atoms with Gasteiger partial charge in [-0.2, -0.15) is 0 Å². The molecule has 0 bridgehead atoms. The summed E-state index contributed by atoms with van der Waals surface area (Å²) >= 11 is 6.11. The first-order chi connectivity index (χ1) is 17.3. The van der Waals surface area contributed by atoms with Crippen molar-refractivity contribution < 1.29 is 18.6 Å². The second-order valence-electron chi connectivity index (χ2n) is 8.68. The van der Waals surface area contributed by atoms with Crippen LogP contribution in [0.1, 0.15) is 22.8 Å². The molecular weight excluding hydrogens is 494 g/mol. The summed E-state index contributed by atoms with van der Waals surface area (Å²) in [7, 11) is -3.66. The average Bonchev–Trinajstić information content (AvgIpc) is 2.88. The summed E-state index contributed by atoms with van der Waals surface area (Å²) in [6.45, 7) is 1.78. The number of phenols is 1. The Bertz CT molecular complexity index is 1380. The SMILES string of the molecule is O=S(=O)(c1ccc(O)cc1)c1ccc(CCN(Cc2ccccc2)C[C@@H](O)c2cccc(Cl)c2)cc1. The van der Waals surface area contributed by atoms with Crippen LogP contribution in [0.3, 0.4) is 0 Å². The van der Waals surface area contributed by atoms with Crippen molar-refractivity contribution in [3.63, 3.8) is 0 Å². The molecule has 0 radical (unpaired) electrons. The molecule has 7 heteroatoms. The molecule has 0 aromatic heterocycles. The van der Waals surface area contributed by atoms with Crippen LogP contribution in [0.25, 0.3) is 0 Å². The van der Waals surface area contributed by atoms with Crippen LogP contribution in [0.15, 0.2) is 113 Å². The Morgan fingerprint density at radius 1 is 0.778 bits per heavy atom. The summed E-state index contributed by atoms with van der Waals surface area (Å²) in [6.07, 6.45) is -0.000469. The zero-order chi connectivity index (χ0) is 25.5. The Morgan fingerprint density at radius 3 is 2.06 bits per heavy atom. The molecule has 0 fully saturated rings. The fourth-order valence-corrected chi connectivity index (χ4v) is 5.48. The van der Waals surface area contributed by atoms with Crippen LogP contribution in [0.5, 0.6) is 5.75 Å². The number of nitrogens with zero attached hydrogens (tertiary/aromatic N) is 1. The third-order valence-electron chi connectivity index (χ3n) is 6.01. The summed E-state index contributed by atoms with van der Waals surface area (Å²) < 4.78 is 25.8. The highest BCUT2D eigenvalue weighted by Gasteiger charge is 2.18. The first kappa shape index (κ1) is 25.9. The lowest BCUT2D eigenvalue weighted by Gasteiger charge is -2.25. The van der Waals surface area contributed by atoms with Gasteiger partial charge in [-0.15, -0.1) is 0 Å². The number of hydrogen-bond donors (Lipinski definition) is 2. The molecule has 5 nitrogen and oxygen atoms in total. The van der Waals surface area contributed by atoms with Crippen molar-refractivity contribution in [2.75, 3.05) is 13.1 Å². The third kappa shape index (κ3) is 6.74. The lowest BCUT2D eigenvalue weighted by Crippen LogP contribution is -2.30. The Morgan fingerprint density at radius 2 is 1.42 bits per heavy atom. The largest absolute Gasteiger partial charge is 0.508 e. The van der Waals surface area contributed by atoms with Crippen LogP contribution in [-0.2, 0) is 22.8 Å². The van der Waals surface area contributed by atoms with E-state index in [2.05, 4.69) is 17.0 Å². The minimum absolute atomic E-state index is 0.0184. The molecule has 4 aromatic rings. The van der Waals surface area contributed by atoms with Gasteiger partial charge in [0.1, 0.15) is 5.75 Å². The monoisotopic (exact) mass is 521 g/mol. The number of rotatable bonds is 10. The smallest absolute Gasteiger partial charge is 0.206 e. The van der Waals surface area contributed by atoms with Gasteiger partial charge < -0.3 is 10.2 Å². The fraction of sp³-hybridized carbons (Fsp3) is 0.172. The number of benzene rings is 4. The molecule has 0 aliphatic carbocycles. The maximum Gasteiger partial charge on any atom is 0.206 e. The minimum atomic E-state index is -3.66. The molecule has 186 valence electrons. The lowest BCUT2D eigenvalue weighted by atomic mass is 10.1. The highest BCUT2D eigenvalue weighted by atomic mass is 35.5. The van der Waals surface area contributed by atoms with Crippen molar-refractivity contribution >= 4 is 21.4 Å². The normalized spacial score (nSPS) is 12.5. The second-order valence-corrected chi connectivity index (χ2v) is 11.1. The first-order valence-corrected chi connectivity index (χ1v) is 13.5. The molecule has 0 saturated carbocycles. The molecule has 4 rings (SSSR count). The highest BCUT2D eigenvalue weighted by molar-refractivity contribution is 7.91. The minimum Gasteiger partial charge on any atom is -0.508 e. The predicted octanol–water partition coefficient (Wildman–Crippen LogP) is 5.66. The zero-order valence-electron chi connectivity index (χ0n) is 19.7. The molecule has 2 N–H and O–H groups in total. The van der Waals surface area contributed by atoms with Crippen LogP contribution >= 0.6 is 11.6 Å². The summed E-state index contributed by atoms with van der Waals surface area (Å²) in [5.74, 6) is 0.0184. The Hall–Kier alpha value is -3.16. The van der Waals surface area contributed by atoms with Crippen LogP contribution in [0, 0.1) is 0 Å². The van der Waals surface area contributed by atoms with Gasteiger partial charge in [0.15, 0.2) is 0 Å². The van der Waals surface area contributed by atoms with E-state index in [1.165, 1.54) is 24.3 Å². The molecule has 0 aliphatic rings. The Kier molecular flexibility index (Phi) is 8.44. The van der Waals surface area contributed by atoms with Gasteiger partial charge >= 0.3 is 0 Å². The predicted molar refractivity (Wildman–Crippen MR) is 142 cm³/mol. The Balaban J connectivity index is 1.46. The molecule has 0 aliphatic heterocycles. The quantitative estimate of drug-likeness (QED) is 0.282. The number of aliphatic hydroxyl groups is 1. The Labute approximate surface area is 217 Å². The number of hydrogen-bond acceptors (Lipinski definition) is 5. The van der Waals surface area contributed by atoms with E-state index < -0.39 is 15.9 Å². The summed E-state index contributed by atoms with van der Waals surface area (Å²) in [5, 5.41) is 20.9. The van der Waals surface area contributed by atoms with Crippen LogP contribution in [0.2, 0.25) is 5.02 Å². The molecular formula is C29H28ClNO4S. The van der Waals surface area contributed by atoms with E-state index in [1.807, 2.05) is 42.5 Å². The molecule has 4 aromatic carbocycles. The molecule has 0 unspecified atom stereocenters. The molecule has 0 spiro atoms. The van der Waals surface area contributed by atoms with Gasteiger partial charge in [-0.05, 0) is 71.6 Å². The van der Waals surface area contributed by atoms with Crippen molar-refractivity contribution in [2.45, 2.75) is 28.9 Å². The molecule has 1 atom stereocenters. The van der Waals surface area contributed by atoms with Crippen molar-refractivity contribution in [1.29, 1.82) is 0 Å². The number of halogens is 1. The third-order valence-corrected chi connectivity index (χ3v) is 8.03. The van der Waals surface area contributed by atoms with Crippen LogP contribution in [-0.4, -0.2) is 36.6 Å². The summed E-state index contributed by atoms with van der Waals surface area (Å²) in [5.41, 5.74) is 2.91. The standard InChI is InChI=1S/C29H28ClNO4S/c30-25-8-4-7-24(19-25)29(33)21-31(20-23-5-2-1-3-6-23)18-17-22-9-13-27(14-10-22)36(34,35)28-15-11-26(32)12-16-28/h1-16,19,29,32-33H,17-18,20-21H2/t29-/m1/s1. The van der Waals surface area contributed by atoms with Crippen molar-refractivity contribution in [3.8, 4) is 5.75 Å². The second kappa shape index (κ2) is 11.7. The number of aromatic hydroxyl groups is 1. The van der Waals surface area contributed by atoms with E-state index in [1.54, 1.807) is 24.3 Å². The van der Waals surface area contributed by atoms with Gasteiger partial charge in [-0.25, -0.2) is 8.42 Å². The van der Waals surface area contributed by atoms with Gasteiger partial charge in [0.2, 0.25) is 9.84 Å². The van der Waals surface area contributed by atoms with E-state index >= 15 is 0 Å². The van der Waals surface area contributed by atoms with E-state index in [0.29, 0.717) is 31.1 Å². The van der Waals surface area contributed by atoms with Gasteiger partial charge in [-0.3, -0.25) is 4.90 Å². The topological polar surface area (TPSA) is 77.8 Å². The van der Waals surface area contributed by atoms with Crippen LogP contribution < -0.4 is 0 Å². The fourth-order valence-electron chi connectivity index (χ4n) is 4.02. The number of aliphatic hydroxyl groups excluding tert-OH is 1. The molecule has 0 heterocycles. The van der Waals surface area contributed by atoms with Gasteiger partial charge in [0.05, 0.1) is 15.9 Å². The van der Waals surface area contributed by atoms with Crippen molar-refractivity contribution in [3.05, 3.63) is 125 Å². The van der Waals surface area contributed by atoms with E-state index in [4.69, 9.17) is 11.6 Å². The van der Waals surface area contributed by atoms with E-state index in [9.17, 15) is 18.6 Å². The maximum atomic E-state index is 12.9. The number of sulfone groups is 1. The zero-order valence-corrected chi connectivity index (χ0v) is 21.2. The summed E-state index contributed by atoms with van der Waals surface area (Å²) in [6, 6.07) is 29.7. The lowest BCUT2D eigenvalue weighted by molar-refractivity contribution is 0.109. The van der Waals surface area contributed by atoms with E-state index in [-0.39, 0.29) is 15.5 Å².